The van der Waals surface area contributed by atoms with Crippen LogP contribution in [0.1, 0.15) is 0 Å². The predicted molar refractivity (Wildman–Crippen MR) is 75.4 cm³/mol. The number of hydrogen-bond acceptors (Lipinski definition) is 12. The van der Waals surface area contributed by atoms with Crippen molar-refractivity contribution in [2.45, 2.75) is 47.8 Å². The Morgan fingerprint density at radius 1 is 0.769 bits per heavy atom. The maximum atomic E-state index is 11.5. The molecule has 14 nitrogen and oxygen atoms in total. The molecule has 0 aromatic carbocycles. The third kappa shape index (κ3) is 3.94. The standard InChI is InChI=1S/C12H22O14/c13-1-3(15)5(17)7(19)12(26,10(23)24)11(25,8(20)9(21)22)6(18)4(16)2-14/h3-8,13-20,25-26H,1-2H2,(H,21,22)(H,23,24)/t3-,4-,5+,6+,7-,8+,11-,12-/m0/s1. The second kappa shape index (κ2) is 8.96. The molecule has 0 aliphatic heterocycles. The van der Waals surface area contributed by atoms with Gasteiger partial charge in [0.05, 0.1) is 13.2 Å². The molecule has 0 unspecified atom stereocenters. The van der Waals surface area contributed by atoms with Crippen molar-refractivity contribution in [3.8, 4) is 0 Å². The van der Waals surface area contributed by atoms with Gasteiger partial charge in [-0.05, 0) is 0 Å². The molecule has 0 spiro atoms. The van der Waals surface area contributed by atoms with Gasteiger partial charge in [-0.2, -0.15) is 0 Å². The summed E-state index contributed by atoms with van der Waals surface area (Å²) in [5, 5.41) is 114. The first kappa shape index (κ1) is 24.5. The topological polar surface area (TPSA) is 277 Å². The monoisotopic (exact) mass is 390 g/mol. The first-order valence-corrected chi connectivity index (χ1v) is 6.96. The molecule has 0 saturated carbocycles. The van der Waals surface area contributed by atoms with Crippen LogP contribution in [0.2, 0.25) is 0 Å². The fraction of sp³-hybridized carbons (Fsp3) is 0.833. The van der Waals surface area contributed by atoms with Crippen molar-refractivity contribution in [2.24, 2.45) is 0 Å². The molecule has 0 radical (unpaired) electrons. The molecule has 0 fully saturated rings. The summed E-state index contributed by atoms with van der Waals surface area (Å²) in [5.74, 6) is -5.12. The highest BCUT2D eigenvalue weighted by atomic mass is 16.5. The third-order valence-electron chi connectivity index (χ3n) is 3.92. The van der Waals surface area contributed by atoms with Crippen molar-refractivity contribution in [1.29, 1.82) is 0 Å². The maximum Gasteiger partial charge on any atom is 0.341 e. The molecule has 0 bridgehead atoms. The Morgan fingerprint density at radius 2 is 1.19 bits per heavy atom. The van der Waals surface area contributed by atoms with Crippen molar-refractivity contribution < 1.29 is 70.9 Å². The average Bonchev–Trinajstić information content (AvgIpc) is 2.61. The summed E-state index contributed by atoms with van der Waals surface area (Å²) >= 11 is 0. The van der Waals surface area contributed by atoms with Gasteiger partial charge >= 0.3 is 11.9 Å². The normalized spacial score (nSPS) is 23.6. The van der Waals surface area contributed by atoms with Crippen molar-refractivity contribution >= 4 is 11.9 Å². The summed E-state index contributed by atoms with van der Waals surface area (Å²) in [5.41, 5.74) is -8.54. The van der Waals surface area contributed by atoms with E-state index in [-0.39, 0.29) is 0 Å². The van der Waals surface area contributed by atoms with E-state index in [2.05, 4.69) is 0 Å². The quantitative estimate of drug-likeness (QED) is 0.156. The van der Waals surface area contributed by atoms with Crippen LogP contribution in [0.4, 0.5) is 0 Å². The Labute approximate surface area is 145 Å². The summed E-state index contributed by atoms with van der Waals surface area (Å²) in [6.07, 6.45) is -17.2. The largest absolute Gasteiger partial charge is 0.479 e. The number of carboxylic acid groups (broad SMARTS) is 2. The number of rotatable bonds is 11. The molecule has 0 amide bonds. The van der Waals surface area contributed by atoms with Crippen molar-refractivity contribution in [1.82, 2.24) is 0 Å². The molecule has 14 heteroatoms. The Kier molecular flexibility index (Phi) is 8.45. The summed E-state index contributed by atoms with van der Waals surface area (Å²) < 4.78 is 0. The zero-order chi connectivity index (χ0) is 21.0. The lowest BCUT2D eigenvalue weighted by atomic mass is 9.68. The van der Waals surface area contributed by atoms with Crippen molar-refractivity contribution in [3.05, 3.63) is 0 Å². The van der Waals surface area contributed by atoms with Crippen molar-refractivity contribution in [3.63, 3.8) is 0 Å². The molecule has 0 aliphatic carbocycles. The molecule has 0 heterocycles. The van der Waals surface area contributed by atoms with E-state index in [1.165, 1.54) is 0 Å². The van der Waals surface area contributed by atoms with E-state index in [0.717, 1.165) is 0 Å². The highest BCUT2D eigenvalue weighted by Crippen LogP contribution is 2.36. The van der Waals surface area contributed by atoms with Gasteiger partial charge in [-0.1, -0.05) is 0 Å². The summed E-state index contributed by atoms with van der Waals surface area (Å²) in [4.78, 5) is 22.5. The van der Waals surface area contributed by atoms with Gasteiger partial charge in [0.15, 0.2) is 11.7 Å². The highest BCUT2D eigenvalue weighted by molar-refractivity contribution is 5.84. The molecular formula is C12H22O14. The number of aliphatic hydroxyl groups is 10. The molecule has 0 aromatic heterocycles. The zero-order valence-electron chi connectivity index (χ0n) is 13.1. The Bertz CT molecular complexity index is 498. The number of aliphatic carboxylic acids is 2. The lowest BCUT2D eigenvalue weighted by molar-refractivity contribution is -0.295. The highest BCUT2D eigenvalue weighted by Gasteiger charge is 2.70. The minimum atomic E-state index is -4.32. The van der Waals surface area contributed by atoms with E-state index in [1.807, 2.05) is 0 Å². The van der Waals surface area contributed by atoms with Gasteiger partial charge in [-0.25, -0.2) is 9.59 Å². The number of hydrogen-bond donors (Lipinski definition) is 12. The third-order valence-corrected chi connectivity index (χ3v) is 3.92. The van der Waals surface area contributed by atoms with E-state index in [9.17, 15) is 55.5 Å². The van der Waals surface area contributed by atoms with E-state index < -0.39 is 73.0 Å². The number of aliphatic hydroxyl groups excluding tert-OH is 8. The van der Waals surface area contributed by atoms with Gasteiger partial charge in [0.1, 0.15) is 30.5 Å². The van der Waals surface area contributed by atoms with Gasteiger partial charge in [-0.3, -0.25) is 0 Å². The second-order valence-electron chi connectivity index (χ2n) is 5.52. The van der Waals surface area contributed by atoms with Gasteiger partial charge in [-0.15, -0.1) is 0 Å². The van der Waals surface area contributed by atoms with Crippen LogP contribution in [0.25, 0.3) is 0 Å². The SMILES string of the molecule is O=C(O)[C@@H](O)[C@@](O)([C@H](O)[C@@H](O)CO)[C@@](O)(C(=O)O)[C@@H](O)[C@H](O)[C@@H](O)CO. The molecular weight excluding hydrogens is 368 g/mol. The first-order chi connectivity index (χ1) is 11.7. The minimum absolute atomic E-state index is 1.28. The molecule has 12 N–H and O–H groups in total. The second-order valence-corrected chi connectivity index (χ2v) is 5.52. The van der Waals surface area contributed by atoms with Gasteiger partial charge in [0.2, 0.25) is 5.60 Å². The van der Waals surface area contributed by atoms with Crippen LogP contribution < -0.4 is 0 Å². The zero-order valence-corrected chi connectivity index (χ0v) is 13.1. The minimum Gasteiger partial charge on any atom is -0.479 e. The average molecular weight is 390 g/mol. The lowest BCUT2D eigenvalue weighted by Gasteiger charge is -2.48. The predicted octanol–water partition coefficient (Wildman–Crippen LogP) is -7.23. The van der Waals surface area contributed by atoms with E-state index in [1.54, 1.807) is 0 Å². The molecule has 0 aromatic rings. The summed E-state index contributed by atoms with van der Waals surface area (Å²) in [6.45, 7) is -2.70. The van der Waals surface area contributed by atoms with Crippen LogP contribution in [0.15, 0.2) is 0 Å². The van der Waals surface area contributed by atoms with E-state index in [4.69, 9.17) is 15.3 Å². The molecule has 0 saturated heterocycles. The summed E-state index contributed by atoms with van der Waals surface area (Å²) in [7, 11) is 0. The lowest BCUT2D eigenvalue weighted by Crippen LogP contribution is -2.79. The summed E-state index contributed by atoms with van der Waals surface area (Å²) in [6, 6.07) is 0. The van der Waals surface area contributed by atoms with Gasteiger partial charge in [0, 0.05) is 0 Å². The molecule has 8 atom stereocenters. The fourth-order valence-electron chi connectivity index (χ4n) is 2.28. The van der Waals surface area contributed by atoms with Crippen LogP contribution in [0.5, 0.6) is 0 Å². The number of carboxylic acids is 2. The Hall–Kier alpha value is -1.46. The molecule has 0 aliphatic rings. The fourth-order valence-corrected chi connectivity index (χ4v) is 2.28. The number of carbonyl (C=O) groups is 2. The van der Waals surface area contributed by atoms with Gasteiger partial charge < -0.3 is 61.3 Å². The molecule has 26 heavy (non-hydrogen) atoms. The van der Waals surface area contributed by atoms with Crippen LogP contribution in [0, 0.1) is 0 Å². The molecule has 154 valence electrons. The van der Waals surface area contributed by atoms with Crippen LogP contribution in [-0.2, 0) is 9.59 Å². The smallest absolute Gasteiger partial charge is 0.341 e. The van der Waals surface area contributed by atoms with Crippen LogP contribution >= 0.6 is 0 Å². The van der Waals surface area contributed by atoms with Crippen LogP contribution in [0.3, 0.4) is 0 Å². The van der Waals surface area contributed by atoms with E-state index >= 15 is 0 Å². The maximum absolute atomic E-state index is 11.5. The molecule has 0 rings (SSSR count). The Morgan fingerprint density at radius 3 is 1.50 bits per heavy atom. The Balaban J connectivity index is 6.59. The van der Waals surface area contributed by atoms with Crippen molar-refractivity contribution in [2.75, 3.05) is 13.2 Å². The van der Waals surface area contributed by atoms with E-state index in [0.29, 0.717) is 0 Å². The van der Waals surface area contributed by atoms with Crippen LogP contribution in [-0.4, -0.2) is 134 Å². The van der Waals surface area contributed by atoms with Gasteiger partial charge in [0.25, 0.3) is 0 Å². The first-order valence-electron chi connectivity index (χ1n) is 6.96.